The van der Waals surface area contributed by atoms with Crippen LogP contribution in [-0.4, -0.2) is 41.3 Å². The molecule has 0 aliphatic carbocycles. The first kappa shape index (κ1) is 15.0. The summed E-state index contributed by atoms with van der Waals surface area (Å²) in [6.07, 6.45) is 0. The minimum absolute atomic E-state index is 0.138. The lowest BCUT2D eigenvalue weighted by Crippen LogP contribution is -2.41. The lowest BCUT2D eigenvalue weighted by molar-refractivity contribution is 0.0494. The Morgan fingerprint density at radius 3 is 2.30 bits per heavy atom. The van der Waals surface area contributed by atoms with Gasteiger partial charge in [-0.2, -0.15) is 0 Å². The molecule has 0 aromatic carbocycles. The average Bonchev–Trinajstić information content (AvgIpc) is 2.41. The van der Waals surface area contributed by atoms with E-state index in [9.17, 15) is 0 Å². The van der Waals surface area contributed by atoms with Gasteiger partial charge in [0.1, 0.15) is 17.5 Å². The zero-order valence-corrected chi connectivity index (χ0v) is 12.7. The van der Waals surface area contributed by atoms with Crippen LogP contribution in [0.15, 0.2) is 0 Å². The molecule has 1 saturated heterocycles. The fourth-order valence-electron chi connectivity index (χ4n) is 1.93. The van der Waals surface area contributed by atoms with Crippen molar-refractivity contribution in [1.29, 1.82) is 0 Å². The SMILES string of the molecule is Cc1c(NN)nc(C(C)(C)C)nc1NN1CCOCC1. The summed E-state index contributed by atoms with van der Waals surface area (Å²) in [5.41, 5.74) is 6.77. The molecule has 112 valence electrons. The molecule has 0 radical (unpaired) electrons. The largest absolute Gasteiger partial charge is 0.379 e. The van der Waals surface area contributed by atoms with Gasteiger partial charge in [0.05, 0.1) is 13.2 Å². The molecule has 0 bridgehead atoms. The summed E-state index contributed by atoms with van der Waals surface area (Å²) in [5.74, 6) is 7.76. The molecule has 2 heterocycles. The highest BCUT2D eigenvalue weighted by molar-refractivity contribution is 5.56. The van der Waals surface area contributed by atoms with Crippen LogP contribution in [-0.2, 0) is 10.2 Å². The van der Waals surface area contributed by atoms with Gasteiger partial charge in [0.25, 0.3) is 0 Å². The maximum Gasteiger partial charge on any atom is 0.149 e. The third-order valence-electron chi connectivity index (χ3n) is 3.23. The summed E-state index contributed by atoms with van der Waals surface area (Å²) in [4.78, 5) is 9.13. The van der Waals surface area contributed by atoms with Gasteiger partial charge in [-0.3, -0.25) is 0 Å². The summed E-state index contributed by atoms with van der Waals surface area (Å²) in [7, 11) is 0. The predicted molar refractivity (Wildman–Crippen MR) is 79.3 cm³/mol. The van der Waals surface area contributed by atoms with E-state index in [-0.39, 0.29) is 5.41 Å². The number of nitrogens with zero attached hydrogens (tertiary/aromatic N) is 3. The molecule has 2 rings (SSSR count). The van der Waals surface area contributed by atoms with Gasteiger partial charge < -0.3 is 15.6 Å². The van der Waals surface area contributed by atoms with Gasteiger partial charge in [-0.25, -0.2) is 20.8 Å². The number of hydrazine groups is 2. The van der Waals surface area contributed by atoms with E-state index in [0.717, 1.165) is 43.5 Å². The molecule has 7 heteroatoms. The number of rotatable bonds is 3. The van der Waals surface area contributed by atoms with Crippen molar-refractivity contribution in [3.8, 4) is 0 Å². The van der Waals surface area contributed by atoms with Crippen LogP contribution in [0.1, 0.15) is 32.2 Å². The summed E-state index contributed by atoms with van der Waals surface area (Å²) in [6, 6.07) is 0. The molecule has 4 N–H and O–H groups in total. The van der Waals surface area contributed by atoms with Crippen molar-refractivity contribution >= 4 is 11.6 Å². The Morgan fingerprint density at radius 2 is 1.75 bits per heavy atom. The van der Waals surface area contributed by atoms with E-state index < -0.39 is 0 Å². The van der Waals surface area contributed by atoms with Crippen molar-refractivity contribution in [3.05, 3.63) is 11.4 Å². The van der Waals surface area contributed by atoms with Crippen LogP contribution < -0.4 is 16.7 Å². The molecule has 1 aliphatic heterocycles. The maximum absolute atomic E-state index is 5.56. The highest BCUT2D eigenvalue weighted by Gasteiger charge is 2.22. The zero-order valence-electron chi connectivity index (χ0n) is 12.7. The minimum Gasteiger partial charge on any atom is -0.379 e. The molecule has 0 spiro atoms. The fraction of sp³-hybridized carbons (Fsp3) is 0.692. The van der Waals surface area contributed by atoms with E-state index in [1.54, 1.807) is 0 Å². The van der Waals surface area contributed by atoms with Crippen LogP contribution in [0.4, 0.5) is 11.6 Å². The van der Waals surface area contributed by atoms with Crippen LogP contribution in [0.3, 0.4) is 0 Å². The van der Waals surface area contributed by atoms with Gasteiger partial charge in [0, 0.05) is 24.1 Å². The molecule has 1 aromatic rings. The number of ether oxygens (including phenoxy) is 1. The van der Waals surface area contributed by atoms with Crippen LogP contribution >= 0.6 is 0 Å². The monoisotopic (exact) mass is 280 g/mol. The van der Waals surface area contributed by atoms with E-state index >= 15 is 0 Å². The summed E-state index contributed by atoms with van der Waals surface area (Å²) < 4.78 is 5.34. The van der Waals surface area contributed by atoms with Crippen molar-refractivity contribution in [2.45, 2.75) is 33.1 Å². The molecule has 1 fully saturated rings. The smallest absolute Gasteiger partial charge is 0.149 e. The Balaban J connectivity index is 2.30. The third-order valence-corrected chi connectivity index (χ3v) is 3.23. The molecule has 0 saturated carbocycles. The molecule has 0 atom stereocenters. The lowest BCUT2D eigenvalue weighted by Gasteiger charge is -2.29. The highest BCUT2D eigenvalue weighted by atomic mass is 16.5. The first-order chi connectivity index (χ1) is 9.41. The first-order valence-electron chi connectivity index (χ1n) is 6.87. The van der Waals surface area contributed by atoms with Crippen LogP contribution in [0.5, 0.6) is 0 Å². The Hall–Kier alpha value is -1.44. The Labute approximate surface area is 119 Å². The molecule has 1 aliphatic rings. The Kier molecular flexibility index (Phi) is 4.42. The molecule has 7 nitrogen and oxygen atoms in total. The van der Waals surface area contributed by atoms with E-state index in [0.29, 0.717) is 5.82 Å². The average molecular weight is 280 g/mol. The zero-order chi connectivity index (χ0) is 14.8. The van der Waals surface area contributed by atoms with Crippen molar-refractivity contribution in [3.63, 3.8) is 0 Å². The number of hydrogen-bond donors (Lipinski definition) is 3. The van der Waals surface area contributed by atoms with Crippen LogP contribution in [0, 0.1) is 6.92 Å². The lowest BCUT2D eigenvalue weighted by atomic mass is 9.95. The van der Waals surface area contributed by atoms with Gasteiger partial charge in [-0.15, -0.1) is 0 Å². The van der Waals surface area contributed by atoms with Crippen LogP contribution in [0.2, 0.25) is 0 Å². The second kappa shape index (κ2) is 5.90. The predicted octanol–water partition coefficient (Wildman–Crippen LogP) is 1.03. The van der Waals surface area contributed by atoms with Crippen molar-refractivity contribution in [2.24, 2.45) is 5.84 Å². The van der Waals surface area contributed by atoms with Gasteiger partial charge in [-0.05, 0) is 6.92 Å². The van der Waals surface area contributed by atoms with Crippen molar-refractivity contribution in [2.75, 3.05) is 37.2 Å². The first-order valence-corrected chi connectivity index (χ1v) is 6.87. The maximum atomic E-state index is 5.56. The Bertz CT molecular complexity index is 465. The number of nitrogens with two attached hydrogens (primary N) is 1. The van der Waals surface area contributed by atoms with Gasteiger partial charge in [0.15, 0.2) is 0 Å². The third kappa shape index (κ3) is 3.36. The minimum atomic E-state index is -0.138. The van der Waals surface area contributed by atoms with E-state index in [1.165, 1.54) is 0 Å². The van der Waals surface area contributed by atoms with Crippen LogP contribution in [0.25, 0.3) is 0 Å². The second-order valence-corrected chi connectivity index (χ2v) is 5.97. The second-order valence-electron chi connectivity index (χ2n) is 5.97. The molecule has 0 amide bonds. The van der Waals surface area contributed by atoms with Crippen molar-refractivity contribution < 1.29 is 4.74 Å². The summed E-state index contributed by atoms with van der Waals surface area (Å²) in [5, 5.41) is 2.10. The molecular formula is C13H24N6O. The number of hydrogen-bond acceptors (Lipinski definition) is 7. The number of anilines is 2. The standard InChI is InChI=1S/C13H24N6O/c1-9-10(17-14)15-12(13(2,3)4)16-11(9)18-19-5-7-20-8-6-19/h5-8,14H2,1-4H3,(H2,15,16,17,18). The van der Waals surface area contributed by atoms with Gasteiger partial charge >= 0.3 is 0 Å². The van der Waals surface area contributed by atoms with E-state index in [2.05, 4.69) is 46.6 Å². The normalized spacial score (nSPS) is 17.1. The fourth-order valence-corrected chi connectivity index (χ4v) is 1.93. The van der Waals surface area contributed by atoms with Crippen molar-refractivity contribution in [1.82, 2.24) is 15.0 Å². The molecular weight excluding hydrogens is 256 g/mol. The molecule has 0 unspecified atom stereocenters. The summed E-state index contributed by atoms with van der Waals surface area (Å²) in [6.45, 7) is 11.3. The summed E-state index contributed by atoms with van der Waals surface area (Å²) >= 11 is 0. The van der Waals surface area contributed by atoms with Gasteiger partial charge in [-0.1, -0.05) is 20.8 Å². The number of nitrogens with one attached hydrogen (secondary N) is 2. The number of morpholine rings is 1. The highest BCUT2D eigenvalue weighted by Crippen LogP contribution is 2.26. The molecule has 20 heavy (non-hydrogen) atoms. The Morgan fingerprint density at radius 1 is 1.15 bits per heavy atom. The van der Waals surface area contributed by atoms with Gasteiger partial charge in [0.2, 0.25) is 0 Å². The number of aromatic nitrogens is 2. The quantitative estimate of drug-likeness (QED) is 0.563. The topological polar surface area (TPSA) is 88.3 Å². The van der Waals surface area contributed by atoms with E-state index in [4.69, 9.17) is 10.6 Å². The number of nitrogen functional groups attached to an aromatic ring is 1. The molecule has 1 aromatic heterocycles. The van der Waals surface area contributed by atoms with E-state index in [1.807, 2.05) is 6.92 Å².